The summed E-state index contributed by atoms with van der Waals surface area (Å²) in [4.78, 5) is 10.2. The van der Waals surface area contributed by atoms with E-state index in [2.05, 4.69) is 0 Å². The zero-order chi connectivity index (χ0) is 10.7. The van der Waals surface area contributed by atoms with E-state index < -0.39 is 18.4 Å². The van der Waals surface area contributed by atoms with E-state index in [1.165, 1.54) is 0 Å². The number of hydrogen-bond acceptors (Lipinski definition) is 3. The average molecular weight is 220 g/mol. The van der Waals surface area contributed by atoms with E-state index in [0.717, 1.165) is 12.1 Å². The largest absolute Gasteiger partial charge is 0.480 e. The fraction of sp³-hybridized carbons (Fsp3) is 0.125. The molecule has 0 aliphatic carbocycles. The van der Waals surface area contributed by atoms with Crippen LogP contribution >= 0.6 is 11.6 Å². The van der Waals surface area contributed by atoms with Gasteiger partial charge >= 0.3 is 5.97 Å². The third-order valence-corrected chi connectivity index (χ3v) is 1.70. The molecule has 3 N–H and O–H groups in total. The van der Waals surface area contributed by atoms with Crippen molar-refractivity contribution in [3.8, 4) is 5.75 Å². The van der Waals surface area contributed by atoms with Crippen LogP contribution in [0, 0.1) is 5.82 Å². The Labute approximate surface area is 84.0 Å². The van der Waals surface area contributed by atoms with Crippen LogP contribution in [0.2, 0.25) is 5.02 Å². The van der Waals surface area contributed by atoms with Gasteiger partial charge in [0.15, 0.2) is 6.61 Å². The number of anilines is 1. The van der Waals surface area contributed by atoms with E-state index in [1.807, 2.05) is 0 Å². The molecular weight excluding hydrogens is 213 g/mol. The molecule has 0 saturated heterocycles. The molecule has 0 unspecified atom stereocenters. The van der Waals surface area contributed by atoms with E-state index in [0.29, 0.717) is 0 Å². The van der Waals surface area contributed by atoms with E-state index in [-0.39, 0.29) is 16.5 Å². The van der Waals surface area contributed by atoms with Crippen LogP contribution in [-0.4, -0.2) is 17.7 Å². The summed E-state index contributed by atoms with van der Waals surface area (Å²) in [6.45, 7) is -0.551. The standard InChI is InChI=1S/C8H7ClFNO3/c9-4-1-5(10)6(11)2-7(4)14-3-8(12)13/h1-2H,3,11H2,(H,12,13). The van der Waals surface area contributed by atoms with Gasteiger partial charge in [0, 0.05) is 6.07 Å². The van der Waals surface area contributed by atoms with Gasteiger partial charge in [-0.2, -0.15) is 0 Å². The quantitative estimate of drug-likeness (QED) is 0.756. The first-order chi connectivity index (χ1) is 6.50. The van der Waals surface area contributed by atoms with Crippen LogP contribution in [-0.2, 0) is 4.79 Å². The molecule has 0 saturated carbocycles. The highest BCUT2D eigenvalue weighted by Crippen LogP contribution is 2.28. The topological polar surface area (TPSA) is 72.5 Å². The predicted molar refractivity (Wildman–Crippen MR) is 49.0 cm³/mol. The van der Waals surface area contributed by atoms with Crippen LogP contribution in [0.4, 0.5) is 10.1 Å². The number of carboxylic acid groups (broad SMARTS) is 1. The molecule has 0 aromatic heterocycles. The molecule has 0 atom stereocenters. The molecular formula is C8H7ClFNO3. The summed E-state index contributed by atoms with van der Waals surface area (Å²) in [5.74, 6) is -1.77. The molecule has 14 heavy (non-hydrogen) atoms. The van der Waals surface area contributed by atoms with Gasteiger partial charge in [-0.3, -0.25) is 0 Å². The third-order valence-electron chi connectivity index (χ3n) is 1.40. The molecule has 0 spiro atoms. The summed E-state index contributed by atoms with van der Waals surface area (Å²) in [7, 11) is 0. The molecule has 6 heteroatoms. The maximum absolute atomic E-state index is 12.8. The molecule has 0 aliphatic heterocycles. The Balaban J connectivity index is 2.87. The van der Waals surface area contributed by atoms with Gasteiger partial charge in [-0.25, -0.2) is 9.18 Å². The number of halogens is 2. The van der Waals surface area contributed by atoms with Gasteiger partial charge in [-0.05, 0) is 6.07 Å². The fourth-order valence-corrected chi connectivity index (χ4v) is 1.000. The van der Waals surface area contributed by atoms with Crippen molar-refractivity contribution in [1.82, 2.24) is 0 Å². The van der Waals surface area contributed by atoms with Gasteiger partial charge in [0.1, 0.15) is 11.6 Å². The second-order valence-electron chi connectivity index (χ2n) is 2.49. The lowest BCUT2D eigenvalue weighted by atomic mass is 10.3. The van der Waals surface area contributed by atoms with Crippen molar-refractivity contribution >= 4 is 23.3 Å². The number of nitrogens with two attached hydrogens (primary N) is 1. The molecule has 4 nitrogen and oxygen atoms in total. The second kappa shape index (κ2) is 4.15. The highest BCUT2D eigenvalue weighted by molar-refractivity contribution is 6.32. The van der Waals surface area contributed by atoms with Gasteiger partial charge in [0.2, 0.25) is 0 Å². The van der Waals surface area contributed by atoms with Crippen molar-refractivity contribution in [2.75, 3.05) is 12.3 Å². The summed E-state index contributed by atoms with van der Waals surface area (Å²) in [5.41, 5.74) is 5.09. The van der Waals surface area contributed by atoms with E-state index >= 15 is 0 Å². The Kier molecular flexibility index (Phi) is 3.14. The van der Waals surface area contributed by atoms with E-state index in [9.17, 15) is 9.18 Å². The van der Waals surface area contributed by atoms with E-state index in [4.69, 9.17) is 27.2 Å². The van der Waals surface area contributed by atoms with Crippen LogP contribution in [0.15, 0.2) is 12.1 Å². The zero-order valence-electron chi connectivity index (χ0n) is 6.96. The number of ether oxygens (including phenoxy) is 1. The Morgan fingerprint density at radius 1 is 1.64 bits per heavy atom. The number of benzene rings is 1. The Bertz CT molecular complexity index is 370. The number of carboxylic acids is 1. The fourth-order valence-electron chi connectivity index (χ4n) is 0.795. The minimum absolute atomic E-state index is 0.0158. The Hall–Kier alpha value is -1.49. The molecule has 1 aromatic carbocycles. The van der Waals surface area contributed by atoms with Crippen LogP contribution in [0.5, 0.6) is 5.75 Å². The molecule has 0 radical (unpaired) electrons. The number of hydrogen-bond donors (Lipinski definition) is 2. The van der Waals surface area contributed by atoms with Gasteiger partial charge < -0.3 is 15.6 Å². The lowest BCUT2D eigenvalue weighted by Gasteiger charge is -2.06. The molecule has 76 valence electrons. The number of aliphatic carboxylic acids is 1. The van der Waals surface area contributed by atoms with Crippen LogP contribution < -0.4 is 10.5 Å². The highest BCUT2D eigenvalue weighted by Gasteiger charge is 2.08. The number of nitrogen functional groups attached to an aromatic ring is 1. The predicted octanol–water partition coefficient (Wildman–Crippen LogP) is 1.52. The highest BCUT2D eigenvalue weighted by atomic mass is 35.5. The lowest BCUT2D eigenvalue weighted by Crippen LogP contribution is -2.10. The van der Waals surface area contributed by atoms with Gasteiger partial charge in [0.25, 0.3) is 0 Å². The first kappa shape index (κ1) is 10.6. The average Bonchev–Trinajstić information content (AvgIpc) is 2.09. The molecule has 1 aromatic rings. The molecule has 0 bridgehead atoms. The molecule has 0 fully saturated rings. The minimum atomic E-state index is -1.15. The SMILES string of the molecule is Nc1cc(OCC(=O)O)c(Cl)cc1F. The molecule has 0 aliphatic rings. The maximum Gasteiger partial charge on any atom is 0.341 e. The Morgan fingerprint density at radius 3 is 2.86 bits per heavy atom. The summed E-state index contributed by atoms with van der Waals surface area (Å²) >= 11 is 5.57. The van der Waals surface area contributed by atoms with Crippen molar-refractivity contribution in [1.29, 1.82) is 0 Å². The third kappa shape index (κ3) is 2.50. The zero-order valence-corrected chi connectivity index (χ0v) is 7.71. The van der Waals surface area contributed by atoms with Crippen LogP contribution in [0.25, 0.3) is 0 Å². The maximum atomic E-state index is 12.8. The number of rotatable bonds is 3. The first-order valence-corrected chi connectivity index (χ1v) is 3.97. The minimum Gasteiger partial charge on any atom is -0.480 e. The van der Waals surface area contributed by atoms with Gasteiger partial charge in [0.05, 0.1) is 10.7 Å². The molecule has 0 amide bonds. The molecule has 0 heterocycles. The van der Waals surface area contributed by atoms with Crippen molar-refractivity contribution in [2.24, 2.45) is 0 Å². The van der Waals surface area contributed by atoms with Crippen molar-refractivity contribution in [2.45, 2.75) is 0 Å². The smallest absolute Gasteiger partial charge is 0.341 e. The lowest BCUT2D eigenvalue weighted by molar-refractivity contribution is -0.139. The van der Waals surface area contributed by atoms with Gasteiger partial charge in [-0.1, -0.05) is 11.6 Å². The van der Waals surface area contributed by atoms with Crippen LogP contribution in [0.3, 0.4) is 0 Å². The summed E-state index contributed by atoms with van der Waals surface area (Å²) in [6.07, 6.45) is 0. The second-order valence-corrected chi connectivity index (χ2v) is 2.89. The monoisotopic (exact) mass is 219 g/mol. The van der Waals surface area contributed by atoms with Crippen molar-refractivity contribution in [3.05, 3.63) is 23.0 Å². The van der Waals surface area contributed by atoms with Crippen molar-refractivity contribution < 1.29 is 19.0 Å². The van der Waals surface area contributed by atoms with E-state index in [1.54, 1.807) is 0 Å². The first-order valence-electron chi connectivity index (χ1n) is 3.60. The summed E-state index contributed by atoms with van der Waals surface area (Å²) < 4.78 is 17.5. The summed E-state index contributed by atoms with van der Waals surface area (Å²) in [5, 5.41) is 8.30. The number of carbonyl (C=O) groups is 1. The van der Waals surface area contributed by atoms with Gasteiger partial charge in [-0.15, -0.1) is 0 Å². The molecule has 1 rings (SSSR count). The normalized spacial score (nSPS) is 9.86. The van der Waals surface area contributed by atoms with Crippen LogP contribution in [0.1, 0.15) is 0 Å². The Morgan fingerprint density at radius 2 is 2.29 bits per heavy atom. The van der Waals surface area contributed by atoms with Crippen molar-refractivity contribution in [3.63, 3.8) is 0 Å². The summed E-state index contributed by atoms with van der Waals surface area (Å²) in [6, 6.07) is 2.11.